The van der Waals surface area contributed by atoms with Crippen LogP contribution in [0.15, 0.2) is 46.2 Å². The van der Waals surface area contributed by atoms with E-state index in [2.05, 4.69) is 37.3 Å². The minimum absolute atomic E-state index is 0.271. The van der Waals surface area contributed by atoms with Gasteiger partial charge >= 0.3 is 0 Å². The van der Waals surface area contributed by atoms with Gasteiger partial charge in [0.1, 0.15) is 0 Å². The standard InChI is InChI=1S/C19H28OS/c1-2-3-6-15-18(21-17-13-9-5-10-14-17)19(20)16-11-7-4-8-12-16/h5,9-10,13-16,19-20H,2-4,6-8,11-12H2,1H3/b18-15-/t19-/m0/s1. The molecule has 0 bridgehead atoms. The monoisotopic (exact) mass is 304 g/mol. The van der Waals surface area contributed by atoms with E-state index in [4.69, 9.17) is 0 Å². The first-order chi connectivity index (χ1) is 10.3. The van der Waals surface area contributed by atoms with E-state index in [0.29, 0.717) is 5.92 Å². The van der Waals surface area contributed by atoms with Crippen LogP contribution in [0.4, 0.5) is 0 Å². The third-order valence-electron chi connectivity index (χ3n) is 4.27. The van der Waals surface area contributed by atoms with Gasteiger partial charge in [-0.15, -0.1) is 0 Å². The lowest BCUT2D eigenvalue weighted by Crippen LogP contribution is -2.23. The molecule has 0 spiro atoms. The zero-order chi connectivity index (χ0) is 14.9. The molecule has 116 valence electrons. The number of aliphatic hydroxyl groups excluding tert-OH is 1. The zero-order valence-corrected chi connectivity index (χ0v) is 13.9. The van der Waals surface area contributed by atoms with Crippen LogP contribution in [0, 0.1) is 5.92 Å². The SMILES string of the molecule is CCCC/C=C(\Sc1ccccc1)[C@@H](O)C1CCCCC1. The highest BCUT2D eigenvalue weighted by Crippen LogP contribution is 2.36. The molecule has 2 rings (SSSR count). The quantitative estimate of drug-likeness (QED) is 0.508. The summed E-state index contributed by atoms with van der Waals surface area (Å²) in [7, 11) is 0. The lowest BCUT2D eigenvalue weighted by Gasteiger charge is -2.28. The topological polar surface area (TPSA) is 20.2 Å². The normalized spacial score (nSPS) is 18.7. The Morgan fingerprint density at radius 2 is 1.95 bits per heavy atom. The van der Waals surface area contributed by atoms with Crippen LogP contribution in [-0.2, 0) is 0 Å². The van der Waals surface area contributed by atoms with E-state index in [9.17, 15) is 5.11 Å². The Bertz CT molecular complexity index is 420. The van der Waals surface area contributed by atoms with Crippen LogP contribution in [0.1, 0.15) is 58.3 Å². The number of unbranched alkanes of at least 4 members (excludes halogenated alkanes) is 2. The van der Waals surface area contributed by atoms with Crippen molar-refractivity contribution in [2.24, 2.45) is 5.92 Å². The van der Waals surface area contributed by atoms with Crippen molar-refractivity contribution < 1.29 is 5.11 Å². The summed E-state index contributed by atoms with van der Waals surface area (Å²) in [6, 6.07) is 10.4. The third-order valence-corrected chi connectivity index (χ3v) is 5.42. The van der Waals surface area contributed by atoms with Gasteiger partial charge in [0.25, 0.3) is 0 Å². The summed E-state index contributed by atoms with van der Waals surface area (Å²) in [5.41, 5.74) is 0. The molecule has 1 atom stereocenters. The molecule has 1 aliphatic rings. The van der Waals surface area contributed by atoms with Gasteiger partial charge in [-0.25, -0.2) is 0 Å². The third kappa shape index (κ3) is 5.52. The predicted octanol–water partition coefficient (Wildman–Crippen LogP) is 5.79. The molecule has 2 heteroatoms. The van der Waals surface area contributed by atoms with Crippen molar-refractivity contribution in [1.82, 2.24) is 0 Å². The van der Waals surface area contributed by atoms with Crippen molar-refractivity contribution in [3.8, 4) is 0 Å². The minimum Gasteiger partial charge on any atom is -0.388 e. The fraction of sp³-hybridized carbons (Fsp3) is 0.579. The molecule has 1 fully saturated rings. The number of thioether (sulfide) groups is 1. The average Bonchev–Trinajstić information content (AvgIpc) is 2.55. The molecule has 1 aliphatic carbocycles. The molecule has 1 aromatic rings. The van der Waals surface area contributed by atoms with Gasteiger partial charge in [0.2, 0.25) is 0 Å². The predicted molar refractivity (Wildman–Crippen MR) is 92.5 cm³/mol. The molecule has 0 amide bonds. The van der Waals surface area contributed by atoms with Crippen LogP contribution >= 0.6 is 11.8 Å². The summed E-state index contributed by atoms with van der Waals surface area (Å²) in [6.07, 6.45) is 11.8. The number of allylic oxidation sites excluding steroid dienone is 1. The Morgan fingerprint density at radius 1 is 1.24 bits per heavy atom. The molecule has 0 aromatic heterocycles. The molecule has 0 aliphatic heterocycles. The van der Waals surface area contributed by atoms with E-state index >= 15 is 0 Å². The number of aliphatic hydroxyl groups is 1. The zero-order valence-electron chi connectivity index (χ0n) is 13.1. The van der Waals surface area contributed by atoms with Crippen LogP contribution in [0.3, 0.4) is 0 Å². The highest BCUT2D eigenvalue weighted by atomic mass is 32.2. The van der Waals surface area contributed by atoms with Crippen molar-refractivity contribution in [3.63, 3.8) is 0 Å². The van der Waals surface area contributed by atoms with Gasteiger partial charge in [-0.05, 0) is 37.3 Å². The molecule has 0 heterocycles. The Labute approximate surface area is 133 Å². The summed E-state index contributed by atoms with van der Waals surface area (Å²) in [6.45, 7) is 2.22. The highest BCUT2D eigenvalue weighted by Gasteiger charge is 2.25. The molecular weight excluding hydrogens is 276 g/mol. The summed E-state index contributed by atoms with van der Waals surface area (Å²) in [4.78, 5) is 2.40. The van der Waals surface area contributed by atoms with Gasteiger partial charge in [0, 0.05) is 9.80 Å². The summed E-state index contributed by atoms with van der Waals surface area (Å²) in [5, 5.41) is 10.8. The van der Waals surface area contributed by atoms with Crippen molar-refractivity contribution in [3.05, 3.63) is 41.3 Å². The molecule has 0 radical (unpaired) electrons. The van der Waals surface area contributed by atoms with Crippen LogP contribution in [0.5, 0.6) is 0 Å². The maximum atomic E-state index is 10.8. The molecule has 1 saturated carbocycles. The van der Waals surface area contributed by atoms with Crippen LogP contribution in [-0.4, -0.2) is 11.2 Å². The number of benzene rings is 1. The second-order valence-corrected chi connectivity index (χ2v) is 7.15. The average molecular weight is 304 g/mol. The molecular formula is C19H28OS. The lowest BCUT2D eigenvalue weighted by atomic mass is 9.85. The second kappa shape index (κ2) is 9.32. The Morgan fingerprint density at radius 3 is 2.62 bits per heavy atom. The van der Waals surface area contributed by atoms with Crippen LogP contribution in [0.2, 0.25) is 0 Å². The highest BCUT2D eigenvalue weighted by molar-refractivity contribution is 8.03. The number of rotatable bonds is 7. The van der Waals surface area contributed by atoms with Gasteiger partial charge in [0.05, 0.1) is 6.10 Å². The fourth-order valence-corrected chi connectivity index (χ4v) is 4.06. The van der Waals surface area contributed by atoms with Gasteiger partial charge in [-0.3, -0.25) is 0 Å². The van der Waals surface area contributed by atoms with Crippen molar-refractivity contribution in [2.75, 3.05) is 0 Å². The van der Waals surface area contributed by atoms with Crippen molar-refractivity contribution in [1.29, 1.82) is 0 Å². The van der Waals surface area contributed by atoms with Gasteiger partial charge in [-0.1, -0.05) is 75.1 Å². The van der Waals surface area contributed by atoms with E-state index in [-0.39, 0.29) is 6.10 Å². The smallest absolute Gasteiger partial charge is 0.0876 e. The summed E-state index contributed by atoms with van der Waals surface area (Å²) >= 11 is 1.75. The Kier molecular flexibility index (Phi) is 7.38. The summed E-state index contributed by atoms with van der Waals surface area (Å²) in [5.74, 6) is 0.461. The molecule has 1 nitrogen and oxygen atoms in total. The molecule has 1 aromatic carbocycles. The lowest BCUT2D eigenvalue weighted by molar-refractivity contribution is 0.122. The van der Waals surface area contributed by atoms with Gasteiger partial charge < -0.3 is 5.11 Å². The second-order valence-electron chi connectivity index (χ2n) is 6.01. The van der Waals surface area contributed by atoms with E-state index in [1.54, 1.807) is 11.8 Å². The van der Waals surface area contributed by atoms with E-state index < -0.39 is 0 Å². The minimum atomic E-state index is -0.271. The largest absolute Gasteiger partial charge is 0.388 e. The van der Waals surface area contributed by atoms with Gasteiger partial charge in [-0.2, -0.15) is 0 Å². The van der Waals surface area contributed by atoms with Crippen molar-refractivity contribution >= 4 is 11.8 Å². The maximum Gasteiger partial charge on any atom is 0.0876 e. The van der Waals surface area contributed by atoms with E-state index in [0.717, 1.165) is 6.42 Å². The molecule has 21 heavy (non-hydrogen) atoms. The molecule has 0 unspecified atom stereocenters. The number of hydrogen-bond donors (Lipinski definition) is 1. The van der Waals surface area contributed by atoms with Crippen molar-refractivity contribution in [2.45, 2.75) is 69.3 Å². The first kappa shape index (κ1) is 16.6. The maximum absolute atomic E-state index is 10.8. The molecule has 1 N–H and O–H groups in total. The number of hydrogen-bond acceptors (Lipinski definition) is 2. The van der Waals surface area contributed by atoms with Crippen LogP contribution < -0.4 is 0 Å². The van der Waals surface area contributed by atoms with E-state index in [1.165, 1.54) is 54.7 Å². The first-order valence-corrected chi connectivity index (χ1v) is 9.24. The Hall–Kier alpha value is -0.730. The molecule has 0 saturated heterocycles. The fourth-order valence-electron chi connectivity index (χ4n) is 2.98. The van der Waals surface area contributed by atoms with Gasteiger partial charge in [0.15, 0.2) is 0 Å². The Balaban J connectivity index is 2.05. The summed E-state index contributed by atoms with van der Waals surface area (Å²) < 4.78 is 0. The first-order valence-electron chi connectivity index (χ1n) is 8.42. The van der Waals surface area contributed by atoms with Crippen LogP contribution in [0.25, 0.3) is 0 Å². The van der Waals surface area contributed by atoms with E-state index in [1.807, 2.05) is 6.07 Å².